The minimum atomic E-state index is -0.692. The number of halogens is 2. The fraction of sp³-hybridized carbons (Fsp3) is 0.300. The van der Waals surface area contributed by atoms with E-state index in [2.05, 4.69) is 15.9 Å². The van der Waals surface area contributed by atoms with Gasteiger partial charge in [0.15, 0.2) is 6.10 Å². The normalized spacial score (nSPS) is 19.6. The number of ether oxygens (including phenoxy) is 2. The predicted molar refractivity (Wildman–Crippen MR) is 58.5 cm³/mol. The monoisotopic (exact) mass is 289 g/mol. The summed E-state index contributed by atoms with van der Waals surface area (Å²) in [6.45, 7) is 0.322. The van der Waals surface area contributed by atoms with E-state index < -0.39 is 17.9 Å². The summed E-state index contributed by atoms with van der Waals surface area (Å²) < 4.78 is 23.5. The van der Waals surface area contributed by atoms with E-state index >= 15 is 0 Å². The summed E-state index contributed by atoms with van der Waals surface area (Å²) in [6.07, 6.45) is -0.237. The molecule has 1 aliphatic heterocycles. The standard InChI is InChI=1S/C10H9BrFNO3/c11-5-3-7(13)9(4-6(5)12)16-8-1-2-15-10(8)14/h3-4,8H,1-2,13H2. The van der Waals surface area contributed by atoms with Gasteiger partial charge in [0.2, 0.25) is 0 Å². The summed E-state index contributed by atoms with van der Waals surface area (Å²) in [5, 5.41) is 0. The number of esters is 1. The lowest BCUT2D eigenvalue weighted by atomic mass is 10.2. The minimum Gasteiger partial charge on any atom is -0.476 e. The molecule has 1 saturated heterocycles. The molecule has 6 heteroatoms. The number of hydrogen-bond acceptors (Lipinski definition) is 4. The number of nitrogen functional groups attached to an aromatic ring is 1. The lowest BCUT2D eigenvalue weighted by Gasteiger charge is -2.12. The highest BCUT2D eigenvalue weighted by Gasteiger charge is 2.29. The highest BCUT2D eigenvalue weighted by atomic mass is 79.9. The summed E-state index contributed by atoms with van der Waals surface area (Å²) in [7, 11) is 0. The zero-order valence-electron chi connectivity index (χ0n) is 8.20. The van der Waals surface area contributed by atoms with Gasteiger partial charge < -0.3 is 15.2 Å². The molecule has 0 saturated carbocycles. The van der Waals surface area contributed by atoms with Gasteiger partial charge in [-0.1, -0.05) is 0 Å². The van der Waals surface area contributed by atoms with Gasteiger partial charge in [0.05, 0.1) is 16.8 Å². The average Bonchev–Trinajstić information content (AvgIpc) is 2.61. The highest BCUT2D eigenvalue weighted by molar-refractivity contribution is 9.10. The molecule has 1 aliphatic rings. The Labute approximate surface area is 99.6 Å². The topological polar surface area (TPSA) is 61.6 Å². The van der Waals surface area contributed by atoms with Crippen molar-refractivity contribution in [3.8, 4) is 5.75 Å². The van der Waals surface area contributed by atoms with Crippen LogP contribution >= 0.6 is 15.9 Å². The third-order valence-corrected chi connectivity index (χ3v) is 2.82. The van der Waals surface area contributed by atoms with E-state index in [0.717, 1.165) is 6.07 Å². The maximum atomic E-state index is 13.2. The molecular formula is C10H9BrFNO3. The largest absolute Gasteiger partial charge is 0.476 e. The van der Waals surface area contributed by atoms with Gasteiger partial charge >= 0.3 is 5.97 Å². The number of rotatable bonds is 2. The van der Waals surface area contributed by atoms with Crippen LogP contribution in [-0.4, -0.2) is 18.7 Å². The van der Waals surface area contributed by atoms with E-state index in [4.69, 9.17) is 15.2 Å². The van der Waals surface area contributed by atoms with Crippen molar-refractivity contribution in [3.05, 3.63) is 22.4 Å². The summed E-state index contributed by atoms with van der Waals surface area (Å²) >= 11 is 3.00. The van der Waals surface area contributed by atoms with Crippen LogP contribution in [0.3, 0.4) is 0 Å². The fourth-order valence-electron chi connectivity index (χ4n) is 1.38. The number of hydrogen-bond donors (Lipinski definition) is 1. The third kappa shape index (κ3) is 2.11. The number of benzene rings is 1. The van der Waals surface area contributed by atoms with Crippen LogP contribution < -0.4 is 10.5 Å². The van der Waals surface area contributed by atoms with Gasteiger partial charge in [-0.2, -0.15) is 0 Å². The number of anilines is 1. The van der Waals surface area contributed by atoms with Crippen molar-refractivity contribution in [2.45, 2.75) is 12.5 Å². The Morgan fingerprint density at radius 3 is 2.94 bits per heavy atom. The number of cyclic esters (lactones) is 1. The molecule has 0 aromatic heterocycles. The van der Waals surface area contributed by atoms with Crippen molar-refractivity contribution < 1.29 is 18.7 Å². The lowest BCUT2D eigenvalue weighted by molar-refractivity contribution is -0.143. The molecule has 0 spiro atoms. The van der Waals surface area contributed by atoms with Gasteiger partial charge in [0.25, 0.3) is 0 Å². The first-order chi connectivity index (χ1) is 7.58. The molecule has 0 radical (unpaired) electrons. The van der Waals surface area contributed by atoms with Crippen LogP contribution in [0.1, 0.15) is 6.42 Å². The van der Waals surface area contributed by atoms with Gasteiger partial charge in [-0.05, 0) is 22.0 Å². The lowest BCUT2D eigenvalue weighted by Crippen LogP contribution is -2.22. The molecule has 0 bridgehead atoms. The molecule has 4 nitrogen and oxygen atoms in total. The molecule has 1 fully saturated rings. The third-order valence-electron chi connectivity index (χ3n) is 2.21. The molecule has 2 rings (SSSR count). The molecule has 1 unspecified atom stereocenters. The first kappa shape index (κ1) is 11.2. The van der Waals surface area contributed by atoms with E-state index in [1.54, 1.807) is 0 Å². The Morgan fingerprint density at radius 1 is 1.56 bits per heavy atom. The molecule has 1 aromatic rings. The summed E-state index contributed by atoms with van der Waals surface area (Å²) in [5.74, 6) is -0.775. The van der Waals surface area contributed by atoms with Gasteiger partial charge in [-0.3, -0.25) is 0 Å². The Balaban J connectivity index is 2.21. The Kier molecular flexibility index (Phi) is 3.00. The van der Waals surface area contributed by atoms with E-state index in [-0.39, 0.29) is 15.9 Å². The van der Waals surface area contributed by atoms with Crippen LogP contribution in [0.4, 0.5) is 10.1 Å². The van der Waals surface area contributed by atoms with Gasteiger partial charge in [-0.25, -0.2) is 9.18 Å². The second kappa shape index (κ2) is 4.29. The quantitative estimate of drug-likeness (QED) is 0.667. The van der Waals surface area contributed by atoms with Crippen LogP contribution in [0.2, 0.25) is 0 Å². The second-order valence-electron chi connectivity index (χ2n) is 3.37. The second-order valence-corrected chi connectivity index (χ2v) is 4.22. The molecule has 86 valence electrons. The molecular weight excluding hydrogens is 281 g/mol. The number of nitrogens with two attached hydrogens (primary N) is 1. The van der Waals surface area contributed by atoms with E-state index in [0.29, 0.717) is 13.0 Å². The van der Waals surface area contributed by atoms with Crippen LogP contribution in [0.25, 0.3) is 0 Å². The van der Waals surface area contributed by atoms with Crippen molar-refractivity contribution in [2.75, 3.05) is 12.3 Å². The summed E-state index contributed by atoms with van der Waals surface area (Å²) in [4.78, 5) is 11.2. The highest BCUT2D eigenvalue weighted by Crippen LogP contribution is 2.30. The number of carbonyl (C=O) groups is 1. The van der Waals surface area contributed by atoms with Gasteiger partial charge in [-0.15, -0.1) is 0 Å². The summed E-state index contributed by atoms with van der Waals surface area (Å²) in [6, 6.07) is 2.54. The fourth-order valence-corrected chi connectivity index (χ4v) is 1.74. The zero-order valence-corrected chi connectivity index (χ0v) is 9.79. The van der Waals surface area contributed by atoms with Crippen molar-refractivity contribution in [2.24, 2.45) is 0 Å². The Morgan fingerprint density at radius 2 is 2.31 bits per heavy atom. The molecule has 0 amide bonds. The average molecular weight is 290 g/mol. The van der Waals surface area contributed by atoms with E-state index in [1.165, 1.54) is 6.07 Å². The maximum absolute atomic E-state index is 13.2. The molecule has 0 aliphatic carbocycles. The molecule has 16 heavy (non-hydrogen) atoms. The Bertz CT molecular complexity index is 438. The van der Waals surface area contributed by atoms with Crippen LogP contribution in [0.5, 0.6) is 5.75 Å². The van der Waals surface area contributed by atoms with E-state index in [1.807, 2.05) is 0 Å². The molecule has 1 heterocycles. The van der Waals surface area contributed by atoms with Crippen molar-refractivity contribution in [1.82, 2.24) is 0 Å². The predicted octanol–water partition coefficient (Wildman–Crippen LogP) is 1.86. The Hall–Kier alpha value is -1.30. The minimum absolute atomic E-state index is 0.157. The van der Waals surface area contributed by atoms with Crippen molar-refractivity contribution in [1.29, 1.82) is 0 Å². The summed E-state index contributed by atoms with van der Waals surface area (Å²) in [5.41, 5.74) is 5.91. The van der Waals surface area contributed by atoms with Crippen molar-refractivity contribution >= 4 is 27.6 Å². The smallest absolute Gasteiger partial charge is 0.347 e. The van der Waals surface area contributed by atoms with Crippen LogP contribution in [0, 0.1) is 5.82 Å². The first-order valence-corrected chi connectivity index (χ1v) is 5.45. The zero-order chi connectivity index (χ0) is 11.7. The maximum Gasteiger partial charge on any atom is 0.347 e. The van der Waals surface area contributed by atoms with E-state index in [9.17, 15) is 9.18 Å². The van der Waals surface area contributed by atoms with Crippen LogP contribution in [-0.2, 0) is 9.53 Å². The molecule has 2 N–H and O–H groups in total. The molecule has 1 atom stereocenters. The van der Waals surface area contributed by atoms with Crippen LogP contribution in [0.15, 0.2) is 16.6 Å². The first-order valence-electron chi connectivity index (χ1n) is 4.66. The van der Waals surface area contributed by atoms with Crippen molar-refractivity contribution in [3.63, 3.8) is 0 Å². The number of carbonyl (C=O) groups excluding carboxylic acids is 1. The SMILES string of the molecule is Nc1cc(Br)c(F)cc1OC1CCOC1=O. The van der Waals surface area contributed by atoms with Gasteiger partial charge in [0, 0.05) is 12.5 Å². The van der Waals surface area contributed by atoms with Gasteiger partial charge in [0.1, 0.15) is 11.6 Å². The molecule has 1 aromatic carbocycles.